The van der Waals surface area contributed by atoms with Gasteiger partial charge >= 0.3 is 59.1 Å². The monoisotopic (exact) mass is 652 g/mol. The number of nitrogen functional groups attached to an aromatic ring is 2. The van der Waals surface area contributed by atoms with Crippen LogP contribution in [0.4, 0.5) is 34.1 Å². The van der Waals surface area contributed by atoms with Gasteiger partial charge in [0.15, 0.2) is 0 Å². The fraction of sp³-hybridized carbons (Fsp3) is 0. The standard InChI is InChI=1S/C26H20N6O8S2.2Na/c27-15-3-5-17(6-4-15)29-31-23-22(42(38,39)40)11-14-9-18(7-8-19(14)25(23)33)30-32-24-21(41(35,36)37)10-13-1-2-16(28)12-20(13)26(24)34;;/h1-12,33-34H,27-28H2,(H,35,36,37)(H,38,39,40);;/q;2*+1/p-2. The molecule has 5 aromatic carbocycles. The van der Waals surface area contributed by atoms with Crippen LogP contribution in [0.25, 0.3) is 21.5 Å². The van der Waals surface area contributed by atoms with Crippen molar-refractivity contribution in [3.8, 4) is 11.5 Å². The van der Waals surface area contributed by atoms with E-state index in [1.54, 1.807) is 0 Å². The van der Waals surface area contributed by atoms with Gasteiger partial charge in [-0.15, -0.1) is 10.2 Å². The van der Waals surface area contributed by atoms with E-state index in [0.717, 1.165) is 12.1 Å². The molecule has 0 spiro atoms. The molecule has 0 aliphatic rings. The Morgan fingerprint density at radius 2 is 1.02 bits per heavy atom. The summed E-state index contributed by atoms with van der Waals surface area (Å²) < 4.78 is 67.8. The zero-order valence-electron chi connectivity index (χ0n) is 23.0. The van der Waals surface area contributed by atoms with Gasteiger partial charge in [-0.2, -0.15) is 27.1 Å². The molecule has 0 aliphatic carbocycles. The molecule has 0 saturated heterocycles. The molecular formula is C26H18N6Na2O8S2. The predicted octanol–water partition coefficient (Wildman–Crippen LogP) is -1.36. The van der Waals surface area contributed by atoms with Gasteiger partial charge in [-0.3, -0.25) is 9.11 Å². The van der Waals surface area contributed by atoms with Crippen molar-refractivity contribution in [2.45, 2.75) is 9.79 Å². The second kappa shape index (κ2) is 13.5. The van der Waals surface area contributed by atoms with E-state index in [0.29, 0.717) is 5.69 Å². The maximum absolute atomic E-state index is 13.2. The molecule has 5 rings (SSSR count). The smallest absolute Gasteiger partial charge is 0.871 e. The number of rotatable bonds is 6. The Morgan fingerprint density at radius 3 is 1.59 bits per heavy atom. The Bertz CT molecular complexity index is 2200. The van der Waals surface area contributed by atoms with Crippen LogP contribution in [0.5, 0.6) is 11.5 Å². The molecular weight excluding hydrogens is 634 g/mol. The maximum atomic E-state index is 13.2. The normalized spacial score (nSPS) is 12.0. The van der Waals surface area contributed by atoms with Crippen LogP contribution in [0.1, 0.15) is 0 Å². The molecule has 0 radical (unpaired) electrons. The molecule has 0 heterocycles. The number of benzene rings is 5. The summed E-state index contributed by atoms with van der Waals surface area (Å²) in [5.41, 5.74) is 10.9. The minimum atomic E-state index is -4.95. The molecule has 214 valence electrons. The van der Waals surface area contributed by atoms with Crippen LogP contribution in [0.3, 0.4) is 0 Å². The molecule has 0 aromatic heterocycles. The van der Waals surface area contributed by atoms with E-state index in [-0.39, 0.29) is 97.7 Å². The van der Waals surface area contributed by atoms with Crippen molar-refractivity contribution < 1.29 is 95.3 Å². The van der Waals surface area contributed by atoms with Crippen molar-refractivity contribution in [2.75, 3.05) is 11.5 Å². The minimum Gasteiger partial charge on any atom is -0.871 e. The summed E-state index contributed by atoms with van der Waals surface area (Å²) in [5, 5.41) is 41.7. The van der Waals surface area contributed by atoms with Gasteiger partial charge in [0.05, 0.1) is 22.7 Å². The van der Waals surface area contributed by atoms with Gasteiger partial charge in [-0.25, -0.2) is 0 Å². The van der Waals surface area contributed by atoms with E-state index in [2.05, 4.69) is 20.5 Å². The van der Waals surface area contributed by atoms with E-state index < -0.39 is 52.9 Å². The second-order valence-corrected chi connectivity index (χ2v) is 11.7. The first kappa shape index (κ1) is 35.3. The Labute approximate surface area is 294 Å². The Balaban J connectivity index is 0.00000264. The summed E-state index contributed by atoms with van der Waals surface area (Å²) in [5.74, 6) is -1.74. The number of hydrogen-bond donors (Lipinski definition) is 4. The molecule has 44 heavy (non-hydrogen) atoms. The topological polar surface area (TPSA) is 256 Å². The van der Waals surface area contributed by atoms with Crippen molar-refractivity contribution in [3.05, 3.63) is 72.8 Å². The Morgan fingerprint density at radius 1 is 0.545 bits per heavy atom. The van der Waals surface area contributed by atoms with Crippen LogP contribution in [0.2, 0.25) is 0 Å². The van der Waals surface area contributed by atoms with Crippen LogP contribution < -0.4 is 80.8 Å². The van der Waals surface area contributed by atoms with Crippen molar-refractivity contribution in [1.82, 2.24) is 0 Å². The third-order valence-electron chi connectivity index (χ3n) is 6.05. The minimum absolute atomic E-state index is 0. The van der Waals surface area contributed by atoms with Gasteiger partial charge in [0.2, 0.25) is 0 Å². The average Bonchev–Trinajstić information content (AvgIpc) is 2.92. The summed E-state index contributed by atoms with van der Waals surface area (Å²) in [6.45, 7) is 0. The summed E-state index contributed by atoms with van der Waals surface area (Å²) in [7, 11) is -9.86. The largest absolute Gasteiger partial charge is 1.00 e. The van der Waals surface area contributed by atoms with Gasteiger partial charge in [0, 0.05) is 11.4 Å². The number of nitrogens with zero attached hydrogens (tertiary/aromatic N) is 4. The number of azo groups is 2. The molecule has 0 aliphatic heterocycles. The number of fused-ring (bicyclic) bond motifs is 2. The second-order valence-electron chi connectivity index (χ2n) is 8.93. The number of nitrogens with two attached hydrogens (primary N) is 2. The fourth-order valence-corrected chi connectivity index (χ4v) is 5.38. The van der Waals surface area contributed by atoms with Crippen molar-refractivity contribution in [2.24, 2.45) is 20.5 Å². The van der Waals surface area contributed by atoms with Gasteiger partial charge in [-0.1, -0.05) is 23.6 Å². The van der Waals surface area contributed by atoms with Gasteiger partial charge < -0.3 is 21.7 Å². The van der Waals surface area contributed by atoms with Crippen molar-refractivity contribution in [1.29, 1.82) is 0 Å². The number of anilines is 2. The van der Waals surface area contributed by atoms with E-state index in [1.807, 2.05) is 0 Å². The Kier molecular flexibility index (Phi) is 10.8. The Hall–Kier alpha value is -3.16. The van der Waals surface area contributed by atoms with Gasteiger partial charge in [-0.05, 0) is 82.2 Å². The third-order valence-corrected chi connectivity index (χ3v) is 7.79. The molecule has 0 fully saturated rings. The predicted molar refractivity (Wildman–Crippen MR) is 150 cm³/mol. The third kappa shape index (κ3) is 7.37. The quantitative estimate of drug-likeness (QED) is 0.0725. The summed E-state index contributed by atoms with van der Waals surface area (Å²) in [6.07, 6.45) is 0. The summed E-state index contributed by atoms with van der Waals surface area (Å²) >= 11 is 0. The van der Waals surface area contributed by atoms with Gasteiger partial charge in [0.25, 0.3) is 20.2 Å². The molecule has 0 atom stereocenters. The SMILES string of the molecule is Nc1ccc(N=Nc2c(S(=O)(=O)O)cc3cc(N=Nc4c(S(=O)(=O)O)cc5ccc(N)cc5c4[O-])ccc3c2[O-])cc1.[Na+].[Na+]. The maximum Gasteiger partial charge on any atom is 1.00 e. The first-order chi connectivity index (χ1) is 19.7. The molecule has 6 N–H and O–H groups in total. The molecule has 0 amide bonds. The van der Waals surface area contributed by atoms with Crippen LogP contribution in [0.15, 0.2) is 103 Å². The summed E-state index contributed by atoms with van der Waals surface area (Å²) in [4.78, 5) is -1.61. The van der Waals surface area contributed by atoms with E-state index in [4.69, 9.17) is 11.5 Å². The van der Waals surface area contributed by atoms with Gasteiger partial charge in [0.1, 0.15) is 9.79 Å². The molecule has 0 unspecified atom stereocenters. The zero-order valence-corrected chi connectivity index (χ0v) is 28.7. The molecule has 18 heteroatoms. The van der Waals surface area contributed by atoms with Crippen LogP contribution in [-0.4, -0.2) is 25.9 Å². The van der Waals surface area contributed by atoms with Crippen molar-refractivity contribution >= 4 is 75.9 Å². The summed E-state index contributed by atoms with van der Waals surface area (Å²) in [6, 6.07) is 16.0. The van der Waals surface area contributed by atoms with Crippen molar-refractivity contribution in [3.63, 3.8) is 0 Å². The molecule has 5 aromatic rings. The molecule has 0 saturated carbocycles. The van der Waals surface area contributed by atoms with Crippen LogP contribution in [-0.2, 0) is 20.2 Å². The van der Waals surface area contributed by atoms with E-state index >= 15 is 0 Å². The molecule has 0 bridgehead atoms. The average molecular weight is 653 g/mol. The first-order valence-electron chi connectivity index (χ1n) is 11.7. The fourth-order valence-electron chi connectivity index (χ4n) is 4.07. The first-order valence-corrected chi connectivity index (χ1v) is 14.6. The van der Waals surface area contributed by atoms with E-state index in [1.165, 1.54) is 60.7 Å². The number of hydrogen-bond acceptors (Lipinski definition) is 12. The van der Waals surface area contributed by atoms with Crippen LogP contribution >= 0.6 is 0 Å². The van der Waals surface area contributed by atoms with E-state index in [9.17, 15) is 36.2 Å². The van der Waals surface area contributed by atoms with Crippen LogP contribution in [0, 0.1) is 0 Å². The molecule has 14 nitrogen and oxygen atoms in total. The zero-order chi connectivity index (χ0) is 30.4.